The second kappa shape index (κ2) is 6.84. The maximum atomic E-state index is 13.6. The van der Waals surface area contributed by atoms with Crippen LogP contribution in [0.25, 0.3) is 0 Å². The SMILES string of the molecule is CO[C@@]12[C@H](COC(N)=O)C3=C(C(=O)C(CSc4nccn4C)=C(N)C3=O)N1C[C@@H]1N[C@@H]12. The number of hydrogen-bond donors (Lipinski definition) is 3. The first kappa shape index (κ1) is 20.1. The molecule has 0 radical (unpaired) electrons. The summed E-state index contributed by atoms with van der Waals surface area (Å²) in [4.78, 5) is 44.3. The Hall–Kier alpha value is -2.83. The molecule has 1 aromatic heterocycles. The number of Topliss-reactive ketones (excluding diaryl/α,β-unsaturated/α-hetero) is 2. The highest BCUT2D eigenvalue weighted by atomic mass is 32.2. The summed E-state index contributed by atoms with van der Waals surface area (Å²) in [6.07, 6.45) is 2.49. The first-order chi connectivity index (χ1) is 14.8. The van der Waals surface area contributed by atoms with E-state index >= 15 is 0 Å². The van der Waals surface area contributed by atoms with Crippen molar-refractivity contribution in [3.05, 3.63) is 34.9 Å². The average Bonchev–Trinajstić information content (AvgIpc) is 3.13. The topological polar surface area (TPSA) is 165 Å². The number of methoxy groups -OCH3 is 1. The number of ether oxygens (including phenoxy) is 2. The number of fused-ring (bicyclic) bond motifs is 4. The zero-order valence-corrected chi connectivity index (χ0v) is 17.8. The third-order valence-electron chi connectivity index (χ3n) is 6.45. The predicted octanol–water partition coefficient (Wildman–Crippen LogP) is -1.15. The summed E-state index contributed by atoms with van der Waals surface area (Å²) in [7, 11) is 3.37. The first-order valence-electron chi connectivity index (χ1n) is 9.74. The Morgan fingerprint density at radius 3 is 2.84 bits per heavy atom. The highest BCUT2D eigenvalue weighted by Crippen LogP contribution is 2.55. The number of nitrogens with two attached hydrogens (primary N) is 2. The van der Waals surface area contributed by atoms with E-state index in [0.717, 1.165) is 0 Å². The van der Waals surface area contributed by atoms with Crippen LogP contribution in [0.3, 0.4) is 0 Å². The molecule has 5 N–H and O–H groups in total. The van der Waals surface area contributed by atoms with Gasteiger partial charge in [-0.05, 0) is 0 Å². The van der Waals surface area contributed by atoms with Gasteiger partial charge in [0.05, 0.1) is 23.4 Å². The highest BCUT2D eigenvalue weighted by Gasteiger charge is 2.72. The molecule has 11 nitrogen and oxygen atoms in total. The summed E-state index contributed by atoms with van der Waals surface area (Å²) in [5.41, 5.74) is 11.0. The van der Waals surface area contributed by atoms with E-state index in [1.54, 1.807) is 12.4 Å². The molecule has 4 atom stereocenters. The van der Waals surface area contributed by atoms with Gasteiger partial charge in [-0.1, -0.05) is 11.8 Å². The smallest absolute Gasteiger partial charge is 0.404 e. The van der Waals surface area contributed by atoms with Gasteiger partial charge in [0.25, 0.3) is 0 Å². The molecule has 0 saturated carbocycles. The fourth-order valence-corrected chi connectivity index (χ4v) is 5.97. The zero-order valence-electron chi connectivity index (χ0n) is 17.0. The molecule has 1 aliphatic carbocycles. The van der Waals surface area contributed by atoms with Crippen LogP contribution in [-0.2, 0) is 26.1 Å². The number of amides is 1. The minimum absolute atomic E-state index is 0.0951. The molecule has 4 aliphatic rings. The maximum Gasteiger partial charge on any atom is 0.404 e. The summed E-state index contributed by atoms with van der Waals surface area (Å²) in [5.74, 6) is -1.23. The van der Waals surface area contributed by atoms with Crippen LogP contribution in [0, 0.1) is 5.92 Å². The average molecular weight is 446 g/mol. The normalized spacial score (nSPS) is 31.2. The molecule has 5 rings (SSSR count). The van der Waals surface area contributed by atoms with E-state index in [-0.39, 0.29) is 52.8 Å². The molecule has 0 bridgehead atoms. The van der Waals surface area contributed by atoms with Crippen LogP contribution in [-0.4, -0.2) is 75.9 Å². The summed E-state index contributed by atoms with van der Waals surface area (Å²) >= 11 is 1.33. The number of aryl methyl sites for hydroxylation is 1. The summed E-state index contributed by atoms with van der Waals surface area (Å²) in [6.45, 7) is 0.316. The Bertz CT molecular complexity index is 1080. The van der Waals surface area contributed by atoms with Crippen LogP contribution < -0.4 is 16.8 Å². The molecule has 0 aromatic carbocycles. The number of piperazine rings is 1. The molecular formula is C19H22N6O5S. The van der Waals surface area contributed by atoms with Crippen molar-refractivity contribution < 1.29 is 23.9 Å². The fraction of sp³-hybridized carbons (Fsp3) is 0.474. The predicted molar refractivity (Wildman–Crippen MR) is 108 cm³/mol. The van der Waals surface area contributed by atoms with Crippen molar-refractivity contribution in [1.82, 2.24) is 19.8 Å². The number of rotatable bonds is 6. The fourth-order valence-electron chi connectivity index (χ4n) is 5.01. The van der Waals surface area contributed by atoms with Gasteiger partial charge >= 0.3 is 6.09 Å². The number of aromatic nitrogens is 2. The minimum Gasteiger partial charge on any atom is -0.449 e. The molecule has 1 aromatic rings. The molecule has 2 fully saturated rings. The van der Waals surface area contributed by atoms with Crippen LogP contribution in [0.5, 0.6) is 0 Å². The van der Waals surface area contributed by atoms with Gasteiger partial charge in [0.1, 0.15) is 6.61 Å². The van der Waals surface area contributed by atoms with E-state index < -0.39 is 23.5 Å². The Morgan fingerprint density at radius 2 is 2.19 bits per heavy atom. The Morgan fingerprint density at radius 1 is 1.42 bits per heavy atom. The number of primary amides is 1. The lowest BCUT2D eigenvalue weighted by atomic mass is 9.82. The monoisotopic (exact) mass is 446 g/mol. The number of hydrogen-bond acceptors (Lipinski definition) is 10. The van der Waals surface area contributed by atoms with Crippen LogP contribution in [0.4, 0.5) is 4.79 Å². The second-order valence-corrected chi connectivity index (χ2v) is 8.86. The van der Waals surface area contributed by atoms with Gasteiger partial charge in [-0.3, -0.25) is 9.59 Å². The van der Waals surface area contributed by atoms with Crippen LogP contribution in [0.1, 0.15) is 0 Å². The lowest BCUT2D eigenvalue weighted by molar-refractivity contribution is -0.137. The number of nitrogens with one attached hydrogen (secondary N) is 1. The molecule has 4 heterocycles. The molecular weight excluding hydrogens is 424 g/mol. The Balaban J connectivity index is 1.51. The van der Waals surface area contributed by atoms with Crippen molar-refractivity contribution in [1.29, 1.82) is 0 Å². The van der Waals surface area contributed by atoms with Crippen LogP contribution >= 0.6 is 11.8 Å². The number of carbonyl (C=O) groups excluding carboxylic acids is 3. The highest BCUT2D eigenvalue weighted by molar-refractivity contribution is 7.99. The van der Waals surface area contributed by atoms with Crippen molar-refractivity contribution in [2.75, 3.05) is 26.0 Å². The molecule has 0 spiro atoms. The van der Waals surface area contributed by atoms with Gasteiger partial charge < -0.3 is 35.7 Å². The number of allylic oxidation sites excluding steroid dienone is 2. The van der Waals surface area contributed by atoms with E-state index in [4.69, 9.17) is 20.9 Å². The number of imidazole rings is 1. The van der Waals surface area contributed by atoms with Gasteiger partial charge in [0.15, 0.2) is 10.9 Å². The largest absolute Gasteiger partial charge is 0.449 e. The summed E-state index contributed by atoms with van der Waals surface area (Å²) < 4.78 is 12.8. The quantitative estimate of drug-likeness (QED) is 0.276. The number of nitrogens with zero attached hydrogens (tertiary/aromatic N) is 3. The molecule has 1 amide bonds. The van der Waals surface area contributed by atoms with Crippen molar-refractivity contribution in [3.8, 4) is 0 Å². The van der Waals surface area contributed by atoms with Crippen molar-refractivity contribution in [3.63, 3.8) is 0 Å². The third kappa shape index (κ3) is 2.68. The number of carbonyl (C=O) groups is 3. The molecule has 31 heavy (non-hydrogen) atoms. The van der Waals surface area contributed by atoms with Gasteiger partial charge in [-0.25, -0.2) is 9.78 Å². The number of ketones is 2. The number of thioether (sulfide) groups is 1. The third-order valence-corrected chi connectivity index (χ3v) is 7.54. The zero-order chi connectivity index (χ0) is 22.1. The minimum atomic E-state index is -1.02. The van der Waals surface area contributed by atoms with Gasteiger partial charge in [-0.2, -0.15) is 0 Å². The van der Waals surface area contributed by atoms with Crippen LogP contribution in [0.15, 0.2) is 40.1 Å². The van der Waals surface area contributed by atoms with E-state index in [1.165, 1.54) is 18.9 Å². The molecule has 164 valence electrons. The standard InChI is InChI=1S/C19H22N6O5S/c1-24-4-3-22-18(24)31-7-8-12(20)15(27)11-9(6-30-17(21)28)19(29-2)16-10(23-16)5-25(19)13(11)14(8)26/h3-4,9-10,16,23H,5-7,20H2,1-2H3,(H2,21,28)/t9-,10+,16+,19-/m1/s1. The van der Waals surface area contributed by atoms with Gasteiger partial charge in [0, 0.05) is 56.0 Å². The van der Waals surface area contributed by atoms with Gasteiger partial charge in [0.2, 0.25) is 11.6 Å². The Labute approximate surface area is 181 Å². The van der Waals surface area contributed by atoms with E-state index in [0.29, 0.717) is 11.7 Å². The lowest BCUT2D eigenvalue weighted by Gasteiger charge is -2.39. The molecule has 3 aliphatic heterocycles. The van der Waals surface area contributed by atoms with E-state index in [2.05, 4.69) is 10.3 Å². The Kier molecular flexibility index (Phi) is 4.43. The van der Waals surface area contributed by atoms with Crippen molar-refractivity contribution >= 4 is 29.4 Å². The van der Waals surface area contributed by atoms with Crippen molar-refractivity contribution in [2.45, 2.75) is 23.0 Å². The molecule has 2 saturated heterocycles. The van der Waals surface area contributed by atoms with Crippen LogP contribution in [0.2, 0.25) is 0 Å². The first-order valence-corrected chi connectivity index (χ1v) is 10.7. The lowest BCUT2D eigenvalue weighted by Crippen LogP contribution is -2.55. The van der Waals surface area contributed by atoms with E-state index in [9.17, 15) is 14.4 Å². The molecule has 0 unspecified atom stereocenters. The summed E-state index contributed by atoms with van der Waals surface area (Å²) in [5, 5.41) is 4.02. The molecule has 12 heteroatoms. The summed E-state index contributed by atoms with van der Waals surface area (Å²) in [6, 6.07) is 0.0263. The second-order valence-electron chi connectivity index (χ2n) is 7.92. The van der Waals surface area contributed by atoms with Crippen molar-refractivity contribution in [2.24, 2.45) is 24.4 Å². The maximum absolute atomic E-state index is 13.6. The van der Waals surface area contributed by atoms with Gasteiger partial charge in [-0.15, -0.1) is 0 Å². The van der Waals surface area contributed by atoms with E-state index in [1.807, 2.05) is 16.5 Å².